The van der Waals surface area contributed by atoms with Gasteiger partial charge in [-0.15, -0.1) is 0 Å². The van der Waals surface area contributed by atoms with Crippen LogP contribution in [0.1, 0.15) is 33.1 Å². The zero-order valence-corrected chi connectivity index (χ0v) is 10.8. The molecular weight excluding hydrogens is 204 g/mol. The Kier molecular flexibility index (Phi) is 9.24. The predicted molar refractivity (Wildman–Crippen MR) is 66.3 cm³/mol. The van der Waals surface area contributed by atoms with Crippen molar-refractivity contribution in [3.05, 3.63) is 0 Å². The summed E-state index contributed by atoms with van der Waals surface area (Å²) in [6.07, 6.45) is 2.91. The number of aliphatic hydroxyl groups is 1. The third-order valence-electron chi connectivity index (χ3n) is 2.32. The first-order chi connectivity index (χ1) is 7.56. The first kappa shape index (κ1) is 15.4. The van der Waals surface area contributed by atoms with Crippen LogP contribution < -0.4 is 5.32 Å². The molecule has 0 aliphatic heterocycles. The average Bonchev–Trinajstić information content (AvgIpc) is 2.21. The van der Waals surface area contributed by atoms with E-state index in [-0.39, 0.29) is 12.5 Å². The molecule has 0 fully saturated rings. The lowest BCUT2D eigenvalue weighted by molar-refractivity contribution is -0.122. The Morgan fingerprint density at radius 2 is 2.00 bits per heavy atom. The molecular formula is C12H26N2O2. The molecule has 16 heavy (non-hydrogen) atoms. The molecule has 0 spiro atoms. The van der Waals surface area contributed by atoms with Crippen LogP contribution in [0.5, 0.6) is 0 Å². The quantitative estimate of drug-likeness (QED) is 0.577. The lowest BCUT2D eigenvalue weighted by Gasteiger charge is -2.16. The van der Waals surface area contributed by atoms with Crippen LogP contribution in [0.2, 0.25) is 0 Å². The topological polar surface area (TPSA) is 52.6 Å². The van der Waals surface area contributed by atoms with Gasteiger partial charge in [0.05, 0.1) is 6.54 Å². The number of hydrogen-bond donors (Lipinski definition) is 2. The number of rotatable bonds is 9. The smallest absolute Gasteiger partial charge is 0.234 e. The minimum atomic E-state index is 0.0957. The SMILES string of the molecule is CC(C)CNC(=O)CN(C)CCCCCO. The molecule has 0 aromatic rings. The van der Waals surface area contributed by atoms with Crippen LogP contribution in [0.3, 0.4) is 0 Å². The van der Waals surface area contributed by atoms with Crippen LogP contribution in [0.25, 0.3) is 0 Å². The average molecular weight is 230 g/mol. The van der Waals surface area contributed by atoms with Crippen LogP contribution in [0.15, 0.2) is 0 Å². The molecule has 0 unspecified atom stereocenters. The summed E-state index contributed by atoms with van der Waals surface area (Å²) in [5.74, 6) is 0.595. The van der Waals surface area contributed by atoms with Crippen LogP contribution in [-0.2, 0) is 4.79 Å². The van der Waals surface area contributed by atoms with E-state index in [0.29, 0.717) is 12.5 Å². The van der Waals surface area contributed by atoms with Gasteiger partial charge in [0.15, 0.2) is 0 Å². The van der Waals surface area contributed by atoms with Crippen molar-refractivity contribution in [3.63, 3.8) is 0 Å². The van der Waals surface area contributed by atoms with Crippen molar-refractivity contribution < 1.29 is 9.90 Å². The number of hydrogen-bond acceptors (Lipinski definition) is 3. The summed E-state index contributed by atoms with van der Waals surface area (Å²) in [6, 6.07) is 0. The molecule has 4 heteroatoms. The second-order valence-electron chi connectivity index (χ2n) is 4.72. The highest BCUT2D eigenvalue weighted by Gasteiger charge is 2.06. The minimum Gasteiger partial charge on any atom is -0.396 e. The molecule has 1 amide bonds. The van der Waals surface area contributed by atoms with E-state index in [9.17, 15) is 4.79 Å². The monoisotopic (exact) mass is 230 g/mol. The third kappa shape index (κ3) is 9.93. The summed E-state index contributed by atoms with van der Waals surface area (Å²) < 4.78 is 0. The zero-order valence-electron chi connectivity index (χ0n) is 10.8. The van der Waals surface area contributed by atoms with E-state index in [1.807, 2.05) is 11.9 Å². The summed E-state index contributed by atoms with van der Waals surface area (Å²) in [5, 5.41) is 11.5. The molecule has 0 heterocycles. The van der Waals surface area contributed by atoms with E-state index < -0.39 is 0 Å². The number of unbranched alkanes of at least 4 members (excludes halogenated alkanes) is 2. The number of carbonyl (C=O) groups is 1. The normalized spacial score (nSPS) is 11.1. The van der Waals surface area contributed by atoms with Crippen LogP contribution in [-0.4, -0.2) is 49.2 Å². The van der Waals surface area contributed by atoms with E-state index in [4.69, 9.17) is 5.11 Å². The lowest BCUT2D eigenvalue weighted by atomic mass is 10.2. The lowest BCUT2D eigenvalue weighted by Crippen LogP contribution is -2.37. The number of nitrogens with zero attached hydrogens (tertiary/aromatic N) is 1. The van der Waals surface area contributed by atoms with E-state index in [1.165, 1.54) is 0 Å². The Bertz CT molecular complexity index is 184. The predicted octanol–water partition coefficient (Wildman–Crippen LogP) is 0.853. The van der Waals surface area contributed by atoms with Gasteiger partial charge >= 0.3 is 0 Å². The van der Waals surface area contributed by atoms with Gasteiger partial charge in [0, 0.05) is 13.2 Å². The van der Waals surface area contributed by atoms with Crippen molar-refractivity contribution in [2.75, 3.05) is 33.3 Å². The van der Waals surface area contributed by atoms with E-state index in [2.05, 4.69) is 19.2 Å². The fourth-order valence-corrected chi connectivity index (χ4v) is 1.37. The highest BCUT2D eigenvalue weighted by Crippen LogP contribution is 1.96. The van der Waals surface area contributed by atoms with Crippen LogP contribution in [0.4, 0.5) is 0 Å². The van der Waals surface area contributed by atoms with Gasteiger partial charge in [-0.2, -0.15) is 0 Å². The van der Waals surface area contributed by atoms with Crippen LogP contribution >= 0.6 is 0 Å². The zero-order chi connectivity index (χ0) is 12.4. The molecule has 0 atom stereocenters. The first-order valence-electron chi connectivity index (χ1n) is 6.12. The molecule has 0 aromatic heterocycles. The number of nitrogens with one attached hydrogen (secondary N) is 1. The van der Waals surface area contributed by atoms with Gasteiger partial charge in [0.1, 0.15) is 0 Å². The van der Waals surface area contributed by atoms with E-state index in [1.54, 1.807) is 0 Å². The molecule has 0 saturated heterocycles. The Labute approximate surface area is 99.0 Å². The first-order valence-corrected chi connectivity index (χ1v) is 6.12. The number of amides is 1. The number of carbonyl (C=O) groups excluding carboxylic acids is 1. The van der Waals surface area contributed by atoms with Gasteiger partial charge in [-0.3, -0.25) is 9.69 Å². The van der Waals surface area contributed by atoms with Gasteiger partial charge in [-0.05, 0) is 38.8 Å². The summed E-state index contributed by atoms with van der Waals surface area (Å²) in [5.41, 5.74) is 0. The summed E-state index contributed by atoms with van der Waals surface area (Å²) >= 11 is 0. The van der Waals surface area contributed by atoms with Gasteiger partial charge in [-0.1, -0.05) is 13.8 Å². The van der Waals surface area contributed by atoms with Crippen molar-refractivity contribution in [2.45, 2.75) is 33.1 Å². The van der Waals surface area contributed by atoms with Gasteiger partial charge in [0.2, 0.25) is 5.91 Å². The van der Waals surface area contributed by atoms with Crippen molar-refractivity contribution in [2.24, 2.45) is 5.92 Å². The van der Waals surface area contributed by atoms with Crippen LogP contribution in [0, 0.1) is 5.92 Å². The molecule has 0 bridgehead atoms. The molecule has 4 nitrogen and oxygen atoms in total. The Hall–Kier alpha value is -0.610. The minimum absolute atomic E-state index is 0.0957. The molecule has 0 radical (unpaired) electrons. The van der Waals surface area contributed by atoms with Crippen molar-refractivity contribution in [3.8, 4) is 0 Å². The van der Waals surface area contributed by atoms with Crippen molar-refractivity contribution >= 4 is 5.91 Å². The summed E-state index contributed by atoms with van der Waals surface area (Å²) in [7, 11) is 1.95. The molecule has 0 saturated carbocycles. The van der Waals surface area contributed by atoms with E-state index in [0.717, 1.165) is 32.4 Å². The standard InChI is InChI=1S/C12H26N2O2/c1-11(2)9-13-12(16)10-14(3)7-5-4-6-8-15/h11,15H,4-10H2,1-3H3,(H,13,16). The molecule has 0 rings (SSSR count). The maximum Gasteiger partial charge on any atom is 0.234 e. The second-order valence-corrected chi connectivity index (χ2v) is 4.72. The summed E-state index contributed by atoms with van der Waals surface area (Å²) in [4.78, 5) is 13.5. The fourth-order valence-electron chi connectivity index (χ4n) is 1.37. The van der Waals surface area contributed by atoms with Gasteiger partial charge in [0.25, 0.3) is 0 Å². The Morgan fingerprint density at radius 1 is 1.31 bits per heavy atom. The number of likely N-dealkylation sites (N-methyl/N-ethyl adjacent to an activating group) is 1. The van der Waals surface area contributed by atoms with Crippen molar-refractivity contribution in [1.82, 2.24) is 10.2 Å². The highest BCUT2D eigenvalue weighted by molar-refractivity contribution is 5.77. The second kappa shape index (κ2) is 9.60. The molecule has 0 aliphatic carbocycles. The number of aliphatic hydroxyl groups excluding tert-OH is 1. The summed E-state index contributed by atoms with van der Waals surface area (Å²) in [6.45, 7) is 6.55. The van der Waals surface area contributed by atoms with Gasteiger partial charge in [-0.25, -0.2) is 0 Å². The highest BCUT2D eigenvalue weighted by atomic mass is 16.2. The van der Waals surface area contributed by atoms with E-state index >= 15 is 0 Å². The molecule has 96 valence electrons. The third-order valence-corrected chi connectivity index (χ3v) is 2.32. The maximum atomic E-state index is 11.5. The Morgan fingerprint density at radius 3 is 2.56 bits per heavy atom. The van der Waals surface area contributed by atoms with Gasteiger partial charge < -0.3 is 10.4 Å². The molecule has 0 aromatic carbocycles. The maximum absolute atomic E-state index is 11.5. The fraction of sp³-hybridized carbons (Fsp3) is 0.917. The molecule has 0 aliphatic rings. The largest absolute Gasteiger partial charge is 0.396 e. The van der Waals surface area contributed by atoms with Crippen molar-refractivity contribution in [1.29, 1.82) is 0 Å². The molecule has 2 N–H and O–H groups in total. The Balaban J connectivity index is 3.46.